The first-order chi connectivity index (χ1) is 9.96. The van der Waals surface area contributed by atoms with Gasteiger partial charge in [-0.1, -0.05) is 13.8 Å². The van der Waals surface area contributed by atoms with E-state index < -0.39 is 12.7 Å². The molecule has 4 nitrogen and oxygen atoms in total. The molecule has 0 unspecified atom stereocenters. The van der Waals surface area contributed by atoms with Crippen LogP contribution in [0.1, 0.15) is 38.7 Å². The van der Waals surface area contributed by atoms with Gasteiger partial charge in [0.25, 0.3) is 0 Å². The molecule has 0 bridgehead atoms. The maximum atomic E-state index is 12.8. The lowest BCUT2D eigenvalue weighted by molar-refractivity contribution is -0.120. The molecule has 1 aromatic heterocycles. The fourth-order valence-corrected chi connectivity index (χ4v) is 2.33. The molecule has 1 aliphatic carbocycles. The van der Waals surface area contributed by atoms with Gasteiger partial charge >= 0.3 is 6.18 Å². The fourth-order valence-electron chi connectivity index (χ4n) is 2.33. The first-order valence-electron chi connectivity index (χ1n) is 7.37. The minimum absolute atomic E-state index is 0.0501. The van der Waals surface area contributed by atoms with Crippen molar-refractivity contribution in [3.05, 3.63) is 11.9 Å². The zero-order valence-corrected chi connectivity index (χ0v) is 12.4. The molecule has 0 amide bonds. The van der Waals surface area contributed by atoms with Crippen LogP contribution in [0.5, 0.6) is 0 Å². The van der Waals surface area contributed by atoms with E-state index in [9.17, 15) is 13.2 Å². The Kier molecular flexibility index (Phi) is 4.90. The second-order valence-electron chi connectivity index (χ2n) is 5.28. The smallest absolute Gasteiger partial charge is 0.370 e. The van der Waals surface area contributed by atoms with E-state index in [-0.39, 0.29) is 6.04 Å². The summed E-state index contributed by atoms with van der Waals surface area (Å²) in [7, 11) is 0. The number of nitrogens with zero attached hydrogens (tertiary/aromatic N) is 3. The third-order valence-electron chi connectivity index (χ3n) is 3.43. The van der Waals surface area contributed by atoms with E-state index >= 15 is 0 Å². The average Bonchev–Trinajstić information content (AvgIpc) is 3.25. The van der Waals surface area contributed by atoms with Crippen LogP contribution in [-0.2, 0) is 6.42 Å². The normalized spacial score (nSPS) is 15.1. The Morgan fingerprint density at radius 3 is 2.52 bits per heavy atom. The van der Waals surface area contributed by atoms with Gasteiger partial charge in [0.05, 0.1) is 0 Å². The van der Waals surface area contributed by atoms with E-state index in [1.807, 2.05) is 13.8 Å². The topological polar surface area (TPSA) is 41.1 Å². The molecule has 1 saturated carbocycles. The molecule has 1 aliphatic rings. The summed E-state index contributed by atoms with van der Waals surface area (Å²) in [5.41, 5.74) is 0.766. The minimum Gasteiger partial charge on any atom is -0.370 e. The van der Waals surface area contributed by atoms with Crippen molar-refractivity contribution >= 4 is 11.6 Å². The summed E-state index contributed by atoms with van der Waals surface area (Å²) in [6, 6.07) is -0.0501. The van der Waals surface area contributed by atoms with Gasteiger partial charge in [-0.15, -0.1) is 0 Å². The fraction of sp³-hybridized carbons (Fsp3) is 0.714. The Morgan fingerprint density at radius 2 is 2.00 bits per heavy atom. The molecule has 118 valence electrons. The molecule has 7 heteroatoms. The molecule has 0 aromatic carbocycles. The van der Waals surface area contributed by atoms with E-state index in [4.69, 9.17) is 0 Å². The number of alkyl halides is 3. The number of rotatable bonds is 7. The van der Waals surface area contributed by atoms with E-state index in [2.05, 4.69) is 15.3 Å². The van der Waals surface area contributed by atoms with Gasteiger partial charge in [0.15, 0.2) is 0 Å². The Hall–Kier alpha value is -1.53. The lowest BCUT2D eigenvalue weighted by Crippen LogP contribution is -2.37. The highest BCUT2D eigenvalue weighted by molar-refractivity contribution is 5.60. The van der Waals surface area contributed by atoms with Crippen LogP contribution in [0.4, 0.5) is 24.8 Å². The van der Waals surface area contributed by atoms with E-state index in [0.717, 1.165) is 31.4 Å². The zero-order chi connectivity index (χ0) is 15.5. The van der Waals surface area contributed by atoms with Gasteiger partial charge in [0.2, 0.25) is 0 Å². The molecule has 1 heterocycles. The molecule has 0 atom stereocenters. The van der Waals surface area contributed by atoms with Crippen LogP contribution in [0, 0.1) is 0 Å². The SMILES string of the molecule is CCCNc1ncnc(N(CC(F)(F)F)C2CC2)c1CC. The van der Waals surface area contributed by atoms with Crippen molar-refractivity contribution < 1.29 is 13.2 Å². The van der Waals surface area contributed by atoms with Crippen molar-refractivity contribution in [1.29, 1.82) is 0 Å². The number of hydrogen-bond donors (Lipinski definition) is 1. The second kappa shape index (κ2) is 6.49. The lowest BCUT2D eigenvalue weighted by atomic mass is 10.2. The van der Waals surface area contributed by atoms with Crippen LogP contribution in [0.15, 0.2) is 6.33 Å². The molecule has 1 fully saturated rings. The molecule has 2 rings (SSSR count). The zero-order valence-electron chi connectivity index (χ0n) is 12.4. The highest BCUT2D eigenvalue weighted by Crippen LogP contribution is 2.36. The summed E-state index contributed by atoms with van der Waals surface area (Å²) in [4.78, 5) is 9.70. The Labute approximate surface area is 122 Å². The number of hydrogen-bond acceptors (Lipinski definition) is 4. The molecule has 0 radical (unpaired) electrons. The molecule has 0 aliphatic heterocycles. The molecule has 21 heavy (non-hydrogen) atoms. The van der Waals surface area contributed by atoms with Crippen molar-refractivity contribution in [3.63, 3.8) is 0 Å². The van der Waals surface area contributed by atoms with Crippen LogP contribution in [0.2, 0.25) is 0 Å². The highest BCUT2D eigenvalue weighted by Gasteiger charge is 2.39. The number of halogens is 3. The molecule has 0 spiro atoms. The molecule has 1 N–H and O–H groups in total. The number of anilines is 2. The second-order valence-corrected chi connectivity index (χ2v) is 5.28. The van der Waals surface area contributed by atoms with E-state index in [0.29, 0.717) is 18.1 Å². The predicted molar refractivity (Wildman–Crippen MR) is 76.6 cm³/mol. The van der Waals surface area contributed by atoms with Gasteiger partial charge in [-0.2, -0.15) is 13.2 Å². The van der Waals surface area contributed by atoms with Crippen molar-refractivity contribution in [1.82, 2.24) is 9.97 Å². The first kappa shape index (κ1) is 15.9. The van der Waals surface area contributed by atoms with Gasteiger partial charge in [-0.05, 0) is 25.7 Å². The summed E-state index contributed by atoms with van der Waals surface area (Å²) in [5.74, 6) is 1.07. The van der Waals surface area contributed by atoms with Crippen molar-refractivity contribution in [2.75, 3.05) is 23.3 Å². The third kappa shape index (κ3) is 4.22. The Bertz CT molecular complexity index is 472. The van der Waals surface area contributed by atoms with Gasteiger partial charge in [-0.3, -0.25) is 0 Å². The first-order valence-corrected chi connectivity index (χ1v) is 7.37. The molecule has 1 aromatic rings. The highest BCUT2D eigenvalue weighted by atomic mass is 19.4. The van der Waals surface area contributed by atoms with Crippen molar-refractivity contribution in [2.45, 2.75) is 51.7 Å². The van der Waals surface area contributed by atoms with E-state index in [1.54, 1.807) is 0 Å². The van der Waals surface area contributed by atoms with Gasteiger partial charge < -0.3 is 10.2 Å². The summed E-state index contributed by atoms with van der Waals surface area (Å²) in [5, 5.41) is 3.17. The van der Waals surface area contributed by atoms with Crippen molar-refractivity contribution in [3.8, 4) is 0 Å². The van der Waals surface area contributed by atoms with Crippen LogP contribution in [0.25, 0.3) is 0 Å². The van der Waals surface area contributed by atoms with E-state index in [1.165, 1.54) is 11.2 Å². The summed E-state index contributed by atoms with van der Waals surface area (Å²) in [6.07, 6.45) is 0.233. The summed E-state index contributed by atoms with van der Waals surface area (Å²) >= 11 is 0. The number of nitrogens with one attached hydrogen (secondary N) is 1. The van der Waals surface area contributed by atoms with Crippen molar-refractivity contribution in [2.24, 2.45) is 0 Å². The monoisotopic (exact) mass is 302 g/mol. The Balaban J connectivity index is 2.30. The van der Waals surface area contributed by atoms with Gasteiger partial charge in [0, 0.05) is 18.2 Å². The largest absolute Gasteiger partial charge is 0.405 e. The maximum Gasteiger partial charge on any atom is 0.405 e. The number of aromatic nitrogens is 2. The van der Waals surface area contributed by atoms with Gasteiger partial charge in [0.1, 0.15) is 24.5 Å². The van der Waals surface area contributed by atoms with Crippen LogP contribution in [0.3, 0.4) is 0 Å². The van der Waals surface area contributed by atoms with Crippen LogP contribution in [-0.4, -0.2) is 35.3 Å². The molecular formula is C14H21F3N4. The quantitative estimate of drug-likeness (QED) is 0.838. The third-order valence-corrected chi connectivity index (χ3v) is 3.43. The Morgan fingerprint density at radius 1 is 1.29 bits per heavy atom. The average molecular weight is 302 g/mol. The summed E-state index contributed by atoms with van der Waals surface area (Å²) in [6.45, 7) is 3.74. The summed E-state index contributed by atoms with van der Waals surface area (Å²) < 4.78 is 38.5. The molecule has 0 saturated heterocycles. The predicted octanol–water partition coefficient (Wildman–Crippen LogP) is 3.39. The maximum absolute atomic E-state index is 12.8. The standard InChI is InChI=1S/C14H21F3N4/c1-3-7-18-12-11(4-2)13(20-9-19-12)21(10-5-6-10)8-14(15,16)17/h9-10H,3-8H2,1-2H3,(H,18,19,20). The minimum atomic E-state index is -4.23. The van der Waals surface area contributed by atoms with Crippen LogP contribution >= 0.6 is 0 Å². The van der Waals surface area contributed by atoms with Gasteiger partial charge in [-0.25, -0.2) is 9.97 Å². The van der Waals surface area contributed by atoms with Crippen LogP contribution < -0.4 is 10.2 Å². The lowest BCUT2D eigenvalue weighted by Gasteiger charge is -2.27. The molecular weight excluding hydrogens is 281 g/mol.